The van der Waals surface area contributed by atoms with Gasteiger partial charge in [-0.3, -0.25) is 0 Å². The molecule has 2 aromatic rings. The Morgan fingerprint density at radius 1 is 1.44 bits per heavy atom. The van der Waals surface area contributed by atoms with Crippen LogP contribution < -0.4 is 5.73 Å². The molecule has 0 aliphatic heterocycles. The van der Waals surface area contributed by atoms with Gasteiger partial charge in [0.25, 0.3) is 0 Å². The van der Waals surface area contributed by atoms with Gasteiger partial charge in [0.1, 0.15) is 11.3 Å². The van der Waals surface area contributed by atoms with Crippen LogP contribution in [0.1, 0.15) is 38.4 Å². The van der Waals surface area contributed by atoms with E-state index in [9.17, 15) is 4.39 Å². The third-order valence-corrected chi connectivity index (χ3v) is 4.28. The molecule has 96 valence electrons. The van der Waals surface area contributed by atoms with Crippen LogP contribution >= 0.6 is 0 Å². The van der Waals surface area contributed by atoms with Crippen LogP contribution in [0.25, 0.3) is 11.0 Å². The van der Waals surface area contributed by atoms with Gasteiger partial charge in [-0.2, -0.15) is 0 Å². The molecular formula is C14H18FN3. The Kier molecular flexibility index (Phi) is 2.63. The number of nitrogens with zero attached hydrogens (tertiary/aromatic N) is 1. The summed E-state index contributed by atoms with van der Waals surface area (Å²) in [6, 6.07) is 5.08. The molecule has 1 fully saturated rings. The molecule has 1 aliphatic rings. The molecule has 18 heavy (non-hydrogen) atoms. The molecular weight excluding hydrogens is 229 g/mol. The molecule has 0 saturated heterocycles. The molecule has 0 spiro atoms. The lowest BCUT2D eigenvalue weighted by Gasteiger charge is -2.37. The second-order valence-corrected chi connectivity index (χ2v) is 5.49. The molecule has 0 bridgehead atoms. The van der Waals surface area contributed by atoms with Crippen molar-refractivity contribution in [2.75, 3.05) is 0 Å². The van der Waals surface area contributed by atoms with Gasteiger partial charge in [0.05, 0.1) is 5.52 Å². The van der Waals surface area contributed by atoms with Crippen molar-refractivity contribution in [1.29, 1.82) is 0 Å². The lowest BCUT2D eigenvalue weighted by Crippen LogP contribution is -2.46. The number of H-pyrrole nitrogens is 1. The second-order valence-electron chi connectivity index (χ2n) is 5.49. The van der Waals surface area contributed by atoms with Gasteiger partial charge in [-0.05, 0) is 25.0 Å². The molecule has 0 radical (unpaired) electrons. The van der Waals surface area contributed by atoms with Crippen LogP contribution in [0.15, 0.2) is 18.2 Å². The van der Waals surface area contributed by atoms with E-state index in [0.29, 0.717) is 5.52 Å². The molecule has 1 aromatic carbocycles. The third-order valence-electron chi connectivity index (χ3n) is 4.28. The number of imidazole rings is 1. The van der Waals surface area contributed by atoms with Crippen molar-refractivity contribution in [3.8, 4) is 0 Å². The van der Waals surface area contributed by atoms with Crippen LogP contribution in [0, 0.1) is 5.82 Å². The Hall–Kier alpha value is -1.42. The van der Waals surface area contributed by atoms with Crippen molar-refractivity contribution in [3.05, 3.63) is 29.8 Å². The molecule has 2 atom stereocenters. The number of rotatable bonds is 1. The molecule has 3 rings (SSSR count). The van der Waals surface area contributed by atoms with Crippen molar-refractivity contribution in [3.63, 3.8) is 0 Å². The summed E-state index contributed by atoms with van der Waals surface area (Å²) in [5.41, 5.74) is 7.26. The Bertz CT molecular complexity index is 577. The number of para-hydroxylation sites is 1. The maximum atomic E-state index is 13.7. The number of nitrogens with one attached hydrogen (secondary N) is 1. The predicted octanol–water partition coefficient (Wildman–Crippen LogP) is 2.86. The maximum Gasteiger partial charge on any atom is 0.151 e. The van der Waals surface area contributed by atoms with Crippen molar-refractivity contribution < 1.29 is 4.39 Å². The van der Waals surface area contributed by atoms with Crippen LogP contribution in [-0.4, -0.2) is 16.0 Å². The van der Waals surface area contributed by atoms with Crippen molar-refractivity contribution in [2.24, 2.45) is 5.73 Å². The number of fused-ring (bicyclic) bond motifs is 1. The fourth-order valence-electron chi connectivity index (χ4n) is 2.92. The minimum atomic E-state index is -0.275. The largest absolute Gasteiger partial charge is 0.341 e. The van der Waals surface area contributed by atoms with Gasteiger partial charge in [0.2, 0.25) is 0 Å². The first-order chi connectivity index (χ1) is 8.61. The van der Waals surface area contributed by atoms with E-state index >= 15 is 0 Å². The van der Waals surface area contributed by atoms with E-state index in [-0.39, 0.29) is 17.3 Å². The minimum absolute atomic E-state index is 0.0925. The second kappa shape index (κ2) is 4.05. The molecule has 1 aromatic heterocycles. The zero-order valence-corrected chi connectivity index (χ0v) is 10.5. The van der Waals surface area contributed by atoms with Crippen LogP contribution in [0.3, 0.4) is 0 Å². The average molecular weight is 247 g/mol. The zero-order valence-electron chi connectivity index (χ0n) is 10.5. The van der Waals surface area contributed by atoms with Crippen molar-refractivity contribution in [1.82, 2.24) is 9.97 Å². The van der Waals surface area contributed by atoms with E-state index in [1.165, 1.54) is 12.5 Å². The normalized spacial score (nSPS) is 28.7. The molecule has 1 aliphatic carbocycles. The monoisotopic (exact) mass is 247 g/mol. The molecule has 1 saturated carbocycles. The van der Waals surface area contributed by atoms with Crippen molar-refractivity contribution >= 4 is 11.0 Å². The lowest BCUT2D eigenvalue weighted by atomic mass is 9.71. The van der Waals surface area contributed by atoms with E-state index in [0.717, 1.165) is 30.6 Å². The average Bonchev–Trinajstić information content (AvgIpc) is 2.79. The van der Waals surface area contributed by atoms with Gasteiger partial charge < -0.3 is 10.7 Å². The summed E-state index contributed by atoms with van der Waals surface area (Å²) >= 11 is 0. The Labute approximate surface area is 106 Å². The van der Waals surface area contributed by atoms with Crippen LogP contribution in [-0.2, 0) is 5.41 Å². The van der Waals surface area contributed by atoms with Crippen LogP contribution in [0.5, 0.6) is 0 Å². The van der Waals surface area contributed by atoms with Gasteiger partial charge in [-0.25, -0.2) is 9.37 Å². The van der Waals surface area contributed by atoms with Crippen LogP contribution in [0.4, 0.5) is 4.39 Å². The number of nitrogens with two attached hydrogens (primary N) is 1. The topological polar surface area (TPSA) is 54.7 Å². The molecule has 3 nitrogen and oxygen atoms in total. The summed E-state index contributed by atoms with van der Waals surface area (Å²) in [7, 11) is 0. The van der Waals surface area contributed by atoms with Gasteiger partial charge in [0, 0.05) is 11.5 Å². The van der Waals surface area contributed by atoms with Crippen LogP contribution in [0.2, 0.25) is 0 Å². The standard InChI is InChI=1S/C14H18FN3/c1-14(8-3-2-7-11(14)16)13-17-10-6-4-5-9(15)12(10)18-13/h4-6,11H,2-3,7-8,16H2,1H3,(H,17,18). The van der Waals surface area contributed by atoms with Gasteiger partial charge in [-0.15, -0.1) is 0 Å². The van der Waals surface area contributed by atoms with E-state index in [1.807, 2.05) is 6.07 Å². The fraction of sp³-hybridized carbons (Fsp3) is 0.500. The van der Waals surface area contributed by atoms with E-state index in [2.05, 4.69) is 16.9 Å². The quantitative estimate of drug-likeness (QED) is 0.814. The summed E-state index contributed by atoms with van der Waals surface area (Å²) in [5.74, 6) is 0.554. The summed E-state index contributed by atoms with van der Waals surface area (Å²) in [6.45, 7) is 2.13. The number of hydrogen-bond acceptors (Lipinski definition) is 2. The SMILES string of the molecule is CC1(c2nc3c(F)cccc3[nH]2)CCCCC1N. The number of halogens is 1. The first-order valence-corrected chi connectivity index (χ1v) is 6.51. The lowest BCUT2D eigenvalue weighted by molar-refractivity contribution is 0.260. The molecule has 0 amide bonds. The molecule has 3 N–H and O–H groups in total. The molecule has 2 unspecified atom stereocenters. The minimum Gasteiger partial charge on any atom is -0.341 e. The van der Waals surface area contributed by atoms with Gasteiger partial charge in [-0.1, -0.05) is 25.8 Å². The number of aromatic nitrogens is 2. The number of hydrogen-bond donors (Lipinski definition) is 2. The summed E-state index contributed by atoms with van der Waals surface area (Å²) in [5, 5.41) is 0. The van der Waals surface area contributed by atoms with Gasteiger partial charge >= 0.3 is 0 Å². The summed E-state index contributed by atoms with van der Waals surface area (Å²) in [6.07, 6.45) is 4.35. The molecule has 4 heteroatoms. The smallest absolute Gasteiger partial charge is 0.151 e. The highest BCUT2D eigenvalue weighted by atomic mass is 19.1. The Morgan fingerprint density at radius 3 is 3.00 bits per heavy atom. The highest BCUT2D eigenvalue weighted by Crippen LogP contribution is 2.37. The zero-order chi connectivity index (χ0) is 12.8. The van der Waals surface area contributed by atoms with Crippen molar-refractivity contribution in [2.45, 2.75) is 44.1 Å². The number of aromatic amines is 1. The Balaban J connectivity index is 2.11. The first kappa shape index (κ1) is 11.7. The summed E-state index contributed by atoms with van der Waals surface area (Å²) < 4.78 is 13.7. The maximum absolute atomic E-state index is 13.7. The third kappa shape index (κ3) is 1.63. The molecule has 1 heterocycles. The summed E-state index contributed by atoms with van der Waals surface area (Å²) in [4.78, 5) is 7.69. The first-order valence-electron chi connectivity index (χ1n) is 6.51. The predicted molar refractivity (Wildman–Crippen MR) is 69.8 cm³/mol. The highest BCUT2D eigenvalue weighted by Gasteiger charge is 2.38. The number of benzene rings is 1. The van der Waals surface area contributed by atoms with Gasteiger partial charge in [0.15, 0.2) is 5.82 Å². The van der Waals surface area contributed by atoms with E-state index < -0.39 is 0 Å². The Morgan fingerprint density at radius 2 is 2.28 bits per heavy atom. The van der Waals surface area contributed by atoms with E-state index in [1.54, 1.807) is 6.07 Å². The highest BCUT2D eigenvalue weighted by molar-refractivity contribution is 5.75. The van der Waals surface area contributed by atoms with E-state index in [4.69, 9.17) is 5.73 Å². The fourth-order valence-corrected chi connectivity index (χ4v) is 2.92.